The van der Waals surface area contributed by atoms with Crippen LogP contribution in [0.25, 0.3) is 0 Å². The molecule has 1 saturated carbocycles. The van der Waals surface area contributed by atoms with Crippen LogP contribution in [-0.2, 0) is 10.0 Å². The lowest BCUT2D eigenvalue weighted by molar-refractivity contribution is 0.305. The molecule has 31 heavy (non-hydrogen) atoms. The van der Waals surface area contributed by atoms with Crippen molar-refractivity contribution in [3.63, 3.8) is 0 Å². The Bertz CT molecular complexity index is 1120. The van der Waals surface area contributed by atoms with Crippen molar-refractivity contribution in [2.75, 3.05) is 16.7 Å². The highest BCUT2D eigenvalue weighted by molar-refractivity contribution is 7.92. The number of hydrogen-bond donors (Lipinski definition) is 3. The normalized spacial score (nSPS) is 18.3. The average Bonchev–Trinajstić information content (AvgIpc) is 2.74. The highest BCUT2D eigenvalue weighted by Crippen LogP contribution is 2.39. The number of ether oxygens (including phenoxy) is 1. The predicted molar refractivity (Wildman–Crippen MR) is 122 cm³/mol. The summed E-state index contributed by atoms with van der Waals surface area (Å²) in [5, 5.41) is 0. The summed E-state index contributed by atoms with van der Waals surface area (Å²) in [6, 6.07) is 13.3. The van der Waals surface area contributed by atoms with E-state index in [4.69, 9.17) is 16.2 Å². The minimum atomic E-state index is -3.81. The molecule has 0 radical (unpaired) electrons. The van der Waals surface area contributed by atoms with Crippen LogP contribution in [0.15, 0.2) is 63.4 Å². The van der Waals surface area contributed by atoms with Crippen molar-refractivity contribution in [3.05, 3.63) is 48.5 Å². The van der Waals surface area contributed by atoms with Gasteiger partial charge in [-0.05, 0) is 62.1 Å². The number of anilines is 2. The van der Waals surface area contributed by atoms with Gasteiger partial charge in [0.1, 0.15) is 11.4 Å². The first-order valence-corrected chi connectivity index (χ1v) is 11.6. The number of nitrogens with two attached hydrogens (primary N) is 2. The highest BCUT2D eigenvalue weighted by Gasteiger charge is 2.42. The molecule has 1 heterocycles. The Morgan fingerprint density at radius 3 is 2.39 bits per heavy atom. The lowest BCUT2D eigenvalue weighted by Crippen LogP contribution is -2.58. The van der Waals surface area contributed by atoms with Gasteiger partial charge >= 0.3 is 0 Å². The standard InChI is InChI=1S/C21H26N6O3S/c1-30-18-8-4-3-7-17(18)26-31(28,29)16-11-9-15(10-12-16)27-20(23)24-19(22)25-21(27)13-5-2-6-14-21/h3-4,7-12,26H,2,5-6,13-14H2,1H3,(H4,22,23,24,25). The van der Waals surface area contributed by atoms with E-state index in [2.05, 4.69) is 14.7 Å². The van der Waals surface area contributed by atoms with E-state index in [1.807, 2.05) is 4.90 Å². The summed E-state index contributed by atoms with van der Waals surface area (Å²) in [7, 11) is -2.32. The molecule has 2 aliphatic rings. The average molecular weight is 443 g/mol. The number of nitrogens with one attached hydrogen (secondary N) is 1. The van der Waals surface area contributed by atoms with Crippen LogP contribution in [0.5, 0.6) is 5.75 Å². The fourth-order valence-corrected chi connectivity index (χ4v) is 5.27. The molecule has 1 spiro atoms. The number of hydrogen-bond acceptors (Lipinski definition) is 8. The molecule has 1 fully saturated rings. The molecule has 164 valence electrons. The van der Waals surface area contributed by atoms with Crippen molar-refractivity contribution in [1.29, 1.82) is 0 Å². The van der Waals surface area contributed by atoms with Crippen molar-refractivity contribution in [1.82, 2.24) is 0 Å². The summed E-state index contributed by atoms with van der Waals surface area (Å²) in [5.74, 6) is 0.877. The van der Waals surface area contributed by atoms with Crippen LogP contribution in [0.2, 0.25) is 0 Å². The van der Waals surface area contributed by atoms with E-state index in [-0.39, 0.29) is 16.8 Å². The van der Waals surface area contributed by atoms with Gasteiger partial charge in [-0.2, -0.15) is 4.99 Å². The first kappa shape index (κ1) is 21.0. The number of guanidine groups is 2. The van der Waals surface area contributed by atoms with Gasteiger partial charge in [-0.25, -0.2) is 13.4 Å². The molecule has 0 unspecified atom stereocenters. The Morgan fingerprint density at radius 2 is 1.71 bits per heavy atom. The molecule has 2 aromatic carbocycles. The summed E-state index contributed by atoms with van der Waals surface area (Å²) in [4.78, 5) is 10.8. The second kappa shape index (κ2) is 8.10. The number of sulfonamides is 1. The van der Waals surface area contributed by atoms with Crippen LogP contribution in [0.1, 0.15) is 32.1 Å². The Labute approximate surface area is 181 Å². The fraction of sp³-hybridized carbons (Fsp3) is 0.333. The molecule has 4 rings (SSSR count). The Kier molecular flexibility index (Phi) is 5.48. The van der Waals surface area contributed by atoms with Crippen molar-refractivity contribution in [2.24, 2.45) is 21.5 Å². The SMILES string of the molecule is COc1ccccc1NS(=O)(=O)c1ccc(N2C(N)=NC(N)=NC23CCCCC3)cc1. The number of rotatable bonds is 5. The first-order chi connectivity index (χ1) is 14.8. The Hall–Kier alpha value is -3.27. The molecular formula is C21H26N6O3S. The summed E-state index contributed by atoms with van der Waals surface area (Å²) >= 11 is 0. The maximum absolute atomic E-state index is 12.9. The molecular weight excluding hydrogens is 416 g/mol. The topological polar surface area (TPSA) is 135 Å². The van der Waals surface area contributed by atoms with Crippen LogP contribution >= 0.6 is 0 Å². The number of aliphatic imine (C=N–C) groups is 2. The number of para-hydroxylation sites is 2. The Morgan fingerprint density at radius 1 is 1.03 bits per heavy atom. The molecule has 0 aromatic heterocycles. The molecule has 0 saturated heterocycles. The quantitative estimate of drug-likeness (QED) is 0.651. The smallest absolute Gasteiger partial charge is 0.262 e. The van der Waals surface area contributed by atoms with Gasteiger partial charge in [0.05, 0.1) is 17.7 Å². The summed E-state index contributed by atoms with van der Waals surface area (Å²) in [6.45, 7) is 0. The minimum Gasteiger partial charge on any atom is -0.495 e. The van der Waals surface area contributed by atoms with Crippen molar-refractivity contribution < 1.29 is 13.2 Å². The van der Waals surface area contributed by atoms with E-state index in [0.717, 1.165) is 37.8 Å². The number of benzene rings is 2. The zero-order chi connectivity index (χ0) is 22.1. The summed E-state index contributed by atoms with van der Waals surface area (Å²) in [5.41, 5.74) is 12.6. The van der Waals surface area contributed by atoms with Gasteiger partial charge in [-0.15, -0.1) is 0 Å². The zero-order valence-electron chi connectivity index (χ0n) is 17.3. The maximum Gasteiger partial charge on any atom is 0.262 e. The molecule has 9 nitrogen and oxygen atoms in total. The first-order valence-electron chi connectivity index (χ1n) is 10.1. The summed E-state index contributed by atoms with van der Waals surface area (Å²) < 4.78 is 33.6. The second-order valence-electron chi connectivity index (χ2n) is 7.62. The second-order valence-corrected chi connectivity index (χ2v) is 9.30. The third-order valence-corrected chi connectivity index (χ3v) is 6.99. The van der Waals surface area contributed by atoms with Crippen LogP contribution in [0, 0.1) is 0 Å². The van der Waals surface area contributed by atoms with Crippen molar-refractivity contribution in [2.45, 2.75) is 42.7 Å². The predicted octanol–water partition coefficient (Wildman–Crippen LogP) is 2.61. The van der Waals surface area contributed by atoms with Crippen molar-refractivity contribution in [3.8, 4) is 5.75 Å². The van der Waals surface area contributed by atoms with E-state index in [1.54, 1.807) is 48.5 Å². The molecule has 10 heteroatoms. The van der Waals surface area contributed by atoms with Gasteiger partial charge in [0, 0.05) is 5.69 Å². The van der Waals surface area contributed by atoms with E-state index >= 15 is 0 Å². The van der Waals surface area contributed by atoms with Crippen LogP contribution in [0.3, 0.4) is 0 Å². The number of nitrogens with zero attached hydrogens (tertiary/aromatic N) is 3. The highest BCUT2D eigenvalue weighted by atomic mass is 32.2. The fourth-order valence-electron chi connectivity index (χ4n) is 4.20. The molecule has 0 amide bonds. The van der Waals surface area contributed by atoms with Gasteiger partial charge < -0.3 is 16.2 Å². The van der Waals surface area contributed by atoms with Gasteiger partial charge in [0.25, 0.3) is 10.0 Å². The van der Waals surface area contributed by atoms with E-state index in [9.17, 15) is 8.42 Å². The monoisotopic (exact) mass is 442 g/mol. The molecule has 2 aromatic rings. The third kappa shape index (κ3) is 4.02. The lowest BCUT2D eigenvalue weighted by atomic mass is 9.87. The van der Waals surface area contributed by atoms with Crippen molar-refractivity contribution >= 4 is 33.3 Å². The molecule has 0 bridgehead atoms. The largest absolute Gasteiger partial charge is 0.495 e. The molecule has 0 atom stereocenters. The van der Waals surface area contributed by atoms with Gasteiger partial charge in [-0.1, -0.05) is 18.6 Å². The third-order valence-electron chi connectivity index (χ3n) is 5.61. The Balaban J connectivity index is 1.63. The van der Waals surface area contributed by atoms with Gasteiger partial charge in [0.2, 0.25) is 11.9 Å². The molecule has 5 N–H and O–H groups in total. The van der Waals surface area contributed by atoms with Crippen LogP contribution < -0.4 is 25.8 Å². The zero-order valence-corrected chi connectivity index (χ0v) is 18.1. The van der Waals surface area contributed by atoms with Gasteiger partial charge in [-0.3, -0.25) is 9.62 Å². The maximum atomic E-state index is 12.9. The van der Waals surface area contributed by atoms with E-state index in [1.165, 1.54) is 7.11 Å². The van der Waals surface area contributed by atoms with Gasteiger partial charge in [0.15, 0.2) is 0 Å². The summed E-state index contributed by atoms with van der Waals surface area (Å²) in [6.07, 6.45) is 4.76. The van der Waals surface area contributed by atoms with E-state index in [0.29, 0.717) is 11.4 Å². The lowest BCUT2D eigenvalue weighted by Gasteiger charge is -2.45. The molecule has 1 aliphatic heterocycles. The number of methoxy groups -OCH3 is 1. The van der Waals surface area contributed by atoms with E-state index < -0.39 is 15.7 Å². The minimum absolute atomic E-state index is 0.121. The molecule has 1 aliphatic carbocycles. The van der Waals surface area contributed by atoms with Crippen LogP contribution in [-0.4, -0.2) is 33.1 Å². The van der Waals surface area contributed by atoms with Crippen LogP contribution in [0.4, 0.5) is 11.4 Å².